The van der Waals surface area contributed by atoms with Gasteiger partial charge in [-0.25, -0.2) is 0 Å². The van der Waals surface area contributed by atoms with E-state index in [1.165, 1.54) is 7.11 Å². The smallest absolute Gasteiger partial charge is 0.261 e. The van der Waals surface area contributed by atoms with Crippen molar-refractivity contribution >= 4 is 11.8 Å². The zero-order valence-corrected chi connectivity index (χ0v) is 11.8. The van der Waals surface area contributed by atoms with Crippen molar-refractivity contribution in [3.63, 3.8) is 0 Å². The van der Waals surface area contributed by atoms with Gasteiger partial charge in [-0.1, -0.05) is 17.3 Å². The summed E-state index contributed by atoms with van der Waals surface area (Å²) < 4.78 is 10.3. The fourth-order valence-electron chi connectivity index (χ4n) is 2.00. The third-order valence-electron chi connectivity index (χ3n) is 3.06. The van der Waals surface area contributed by atoms with Crippen molar-refractivity contribution in [3.8, 4) is 17.0 Å². The molecule has 6 heteroatoms. The van der Waals surface area contributed by atoms with Crippen molar-refractivity contribution in [1.29, 1.82) is 0 Å². The van der Waals surface area contributed by atoms with E-state index in [9.17, 15) is 4.79 Å². The van der Waals surface area contributed by atoms with E-state index in [0.29, 0.717) is 17.0 Å². The summed E-state index contributed by atoms with van der Waals surface area (Å²) in [4.78, 5) is 16.3. The van der Waals surface area contributed by atoms with Crippen LogP contribution in [-0.4, -0.2) is 23.2 Å². The number of aromatic nitrogens is 2. The van der Waals surface area contributed by atoms with E-state index >= 15 is 0 Å². The van der Waals surface area contributed by atoms with Crippen molar-refractivity contribution < 1.29 is 14.1 Å². The van der Waals surface area contributed by atoms with Gasteiger partial charge < -0.3 is 9.26 Å². The number of ether oxygens (including phenoxy) is 1. The quantitative estimate of drug-likeness (QED) is 0.800. The van der Waals surface area contributed by atoms with E-state index < -0.39 is 0 Å². The highest BCUT2D eigenvalue weighted by atomic mass is 16.5. The molecule has 2 heterocycles. The fourth-order valence-corrected chi connectivity index (χ4v) is 2.00. The minimum Gasteiger partial charge on any atom is -0.496 e. The van der Waals surface area contributed by atoms with Crippen LogP contribution in [0.3, 0.4) is 0 Å². The molecule has 0 aliphatic carbocycles. The second-order valence-electron chi connectivity index (χ2n) is 4.47. The van der Waals surface area contributed by atoms with Crippen molar-refractivity contribution in [2.24, 2.45) is 0 Å². The number of hydrogen-bond acceptors (Lipinski definition) is 5. The number of carbonyl (C=O) groups excluding carboxylic acids is 1. The molecule has 0 saturated heterocycles. The van der Waals surface area contributed by atoms with Gasteiger partial charge in [0.1, 0.15) is 11.4 Å². The van der Waals surface area contributed by atoms with Gasteiger partial charge >= 0.3 is 0 Å². The third kappa shape index (κ3) is 2.80. The second-order valence-corrected chi connectivity index (χ2v) is 4.47. The molecule has 0 unspecified atom stereocenters. The van der Waals surface area contributed by atoms with E-state index in [-0.39, 0.29) is 11.8 Å². The Balaban J connectivity index is 1.79. The molecule has 3 rings (SSSR count). The number of nitrogens with one attached hydrogen (secondary N) is 1. The Kier molecular flexibility index (Phi) is 3.82. The van der Waals surface area contributed by atoms with Gasteiger partial charge in [0.15, 0.2) is 0 Å². The maximum absolute atomic E-state index is 12.2. The van der Waals surface area contributed by atoms with Crippen LogP contribution in [0.4, 0.5) is 5.88 Å². The monoisotopic (exact) mass is 295 g/mol. The third-order valence-corrected chi connectivity index (χ3v) is 3.06. The zero-order valence-electron chi connectivity index (χ0n) is 11.8. The summed E-state index contributed by atoms with van der Waals surface area (Å²) in [5, 5.41) is 6.57. The van der Waals surface area contributed by atoms with Gasteiger partial charge in [0, 0.05) is 24.0 Å². The van der Waals surface area contributed by atoms with E-state index in [1.54, 1.807) is 48.8 Å². The Hall–Kier alpha value is -3.15. The largest absolute Gasteiger partial charge is 0.496 e. The number of anilines is 1. The molecular weight excluding hydrogens is 282 g/mol. The first-order chi connectivity index (χ1) is 10.8. The molecule has 22 heavy (non-hydrogen) atoms. The summed E-state index contributed by atoms with van der Waals surface area (Å²) in [5.74, 6) is 0.424. The molecule has 0 aliphatic heterocycles. The topological polar surface area (TPSA) is 77.2 Å². The summed E-state index contributed by atoms with van der Waals surface area (Å²) >= 11 is 0. The lowest BCUT2D eigenvalue weighted by Gasteiger charge is -2.06. The fraction of sp³-hybridized carbons (Fsp3) is 0.0625. The van der Waals surface area contributed by atoms with Gasteiger partial charge in [0.2, 0.25) is 5.88 Å². The molecule has 1 N–H and O–H groups in total. The van der Waals surface area contributed by atoms with Crippen LogP contribution >= 0.6 is 0 Å². The highest BCUT2D eigenvalue weighted by Crippen LogP contribution is 2.23. The van der Waals surface area contributed by atoms with Crippen LogP contribution in [0.5, 0.6) is 5.75 Å². The van der Waals surface area contributed by atoms with Crippen LogP contribution in [0.1, 0.15) is 10.4 Å². The second kappa shape index (κ2) is 6.09. The molecule has 6 nitrogen and oxygen atoms in total. The Morgan fingerprint density at radius 1 is 1.23 bits per heavy atom. The molecule has 0 radical (unpaired) electrons. The van der Waals surface area contributed by atoms with Gasteiger partial charge in [-0.3, -0.25) is 15.1 Å². The Morgan fingerprint density at radius 3 is 2.86 bits per heavy atom. The van der Waals surface area contributed by atoms with E-state index in [2.05, 4.69) is 15.5 Å². The van der Waals surface area contributed by atoms with Crippen molar-refractivity contribution in [2.75, 3.05) is 12.4 Å². The predicted molar refractivity (Wildman–Crippen MR) is 80.7 cm³/mol. The SMILES string of the molecule is COc1ccccc1C(=O)Nc1cc(-c2cccnc2)no1. The van der Waals surface area contributed by atoms with E-state index in [4.69, 9.17) is 9.26 Å². The Morgan fingerprint density at radius 2 is 2.09 bits per heavy atom. The van der Waals surface area contributed by atoms with Gasteiger partial charge in [0.25, 0.3) is 5.91 Å². The highest BCUT2D eigenvalue weighted by Gasteiger charge is 2.14. The zero-order chi connectivity index (χ0) is 15.4. The summed E-state index contributed by atoms with van der Waals surface area (Å²) in [7, 11) is 1.51. The molecule has 0 atom stereocenters. The lowest BCUT2D eigenvalue weighted by atomic mass is 10.2. The average molecular weight is 295 g/mol. The predicted octanol–water partition coefficient (Wildman–Crippen LogP) is 3.00. The van der Waals surface area contributed by atoms with Gasteiger partial charge in [-0.2, -0.15) is 0 Å². The van der Waals surface area contributed by atoms with Crippen LogP contribution in [0, 0.1) is 0 Å². The molecule has 0 saturated carbocycles. The number of methoxy groups -OCH3 is 1. The number of hydrogen-bond donors (Lipinski definition) is 1. The molecule has 0 spiro atoms. The van der Waals surface area contributed by atoms with Crippen LogP contribution in [0.15, 0.2) is 59.4 Å². The van der Waals surface area contributed by atoms with Crippen molar-refractivity contribution in [3.05, 3.63) is 60.4 Å². The number of carbonyl (C=O) groups is 1. The Labute approximate surface area is 126 Å². The van der Waals surface area contributed by atoms with Gasteiger partial charge in [0.05, 0.1) is 12.7 Å². The average Bonchev–Trinajstić information content (AvgIpc) is 3.04. The number of nitrogens with zero attached hydrogens (tertiary/aromatic N) is 2. The molecular formula is C16H13N3O3. The molecule has 0 aliphatic rings. The molecule has 0 bridgehead atoms. The normalized spacial score (nSPS) is 10.2. The first-order valence-corrected chi connectivity index (χ1v) is 6.59. The Bertz CT molecular complexity index is 784. The highest BCUT2D eigenvalue weighted by molar-refractivity contribution is 6.05. The van der Waals surface area contributed by atoms with E-state index in [1.807, 2.05) is 6.07 Å². The number of pyridine rings is 1. The van der Waals surface area contributed by atoms with Crippen LogP contribution < -0.4 is 10.1 Å². The maximum atomic E-state index is 12.2. The minimum atomic E-state index is -0.327. The maximum Gasteiger partial charge on any atom is 0.261 e. The van der Waals surface area contributed by atoms with Crippen LogP contribution in [0.2, 0.25) is 0 Å². The van der Waals surface area contributed by atoms with E-state index in [0.717, 1.165) is 5.56 Å². The minimum absolute atomic E-state index is 0.259. The molecule has 110 valence electrons. The summed E-state index contributed by atoms with van der Waals surface area (Å²) in [6, 6.07) is 12.3. The summed E-state index contributed by atoms with van der Waals surface area (Å²) in [6.07, 6.45) is 3.34. The summed E-state index contributed by atoms with van der Waals surface area (Å²) in [5.41, 5.74) is 1.83. The van der Waals surface area contributed by atoms with Crippen LogP contribution in [-0.2, 0) is 0 Å². The first-order valence-electron chi connectivity index (χ1n) is 6.59. The van der Waals surface area contributed by atoms with Crippen LogP contribution in [0.25, 0.3) is 11.3 Å². The molecule has 2 aromatic heterocycles. The lowest BCUT2D eigenvalue weighted by Crippen LogP contribution is -2.12. The molecule has 0 fully saturated rings. The van der Waals surface area contributed by atoms with Crippen molar-refractivity contribution in [2.45, 2.75) is 0 Å². The number of para-hydroxylation sites is 1. The van der Waals surface area contributed by atoms with Gasteiger partial charge in [-0.15, -0.1) is 0 Å². The van der Waals surface area contributed by atoms with Crippen molar-refractivity contribution in [1.82, 2.24) is 10.1 Å². The first kappa shape index (κ1) is 13.8. The molecule has 1 amide bonds. The number of benzene rings is 1. The lowest BCUT2D eigenvalue weighted by molar-refractivity contribution is 0.102. The summed E-state index contributed by atoms with van der Waals surface area (Å²) in [6.45, 7) is 0. The molecule has 3 aromatic rings. The molecule has 1 aromatic carbocycles. The number of rotatable bonds is 4. The standard InChI is InChI=1S/C16H13N3O3/c1-21-14-7-3-2-6-12(14)16(20)18-15-9-13(19-22-15)11-5-4-8-17-10-11/h2-10H,1H3,(H,18,20). The number of amides is 1. The van der Waals surface area contributed by atoms with Gasteiger partial charge in [-0.05, 0) is 24.3 Å².